The molecule has 0 unspecified atom stereocenters. The molecule has 1 aromatic carbocycles. The summed E-state index contributed by atoms with van der Waals surface area (Å²) < 4.78 is 27.1. The molecule has 7 heteroatoms. The molecule has 2 aromatic rings. The van der Waals surface area contributed by atoms with Gasteiger partial charge in [-0.25, -0.2) is 13.4 Å². The second-order valence-electron chi connectivity index (χ2n) is 4.29. The van der Waals surface area contributed by atoms with E-state index in [0.717, 1.165) is 16.7 Å². The number of pyridine rings is 1. The van der Waals surface area contributed by atoms with E-state index in [0.29, 0.717) is 24.6 Å². The molecule has 0 aliphatic heterocycles. The van der Waals surface area contributed by atoms with E-state index in [1.807, 2.05) is 24.3 Å². The Kier molecular flexibility index (Phi) is 5.07. The number of rotatable bonds is 6. The Morgan fingerprint density at radius 3 is 2.70 bits per heavy atom. The lowest BCUT2D eigenvalue weighted by atomic mass is 10.2. The number of hydrogen-bond acceptors (Lipinski definition) is 4. The molecule has 108 valence electrons. The highest BCUT2D eigenvalue weighted by Gasteiger charge is 2.04. The summed E-state index contributed by atoms with van der Waals surface area (Å²) in [7, 11) is 1.71. The first-order valence-corrected chi connectivity index (χ1v) is 8.91. The van der Waals surface area contributed by atoms with E-state index in [1.54, 1.807) is 6.07 Å². The zero-order chi connectivity index (χ0) is 14.6. The number of fused-ring (bicyclic) bond motifs is 1. The van der Waals surface area contributed by atoms with Gasteiger partial charge in [0.15, 0.2) is 0 Å². The fourth-order valence-electron chi connectivity index (χ4n) is 1.74. The minimum absolute atomic E-state index is 0.0297. The normalized spacial score (nSPS) is 11.7. The quantitative estimate of drug-likeness (QED) is 0.460. The molecule has 0 fully saturated rings. The van der Waals surface area contributed by atoms with Crippen LogP contribution in [0.15, 0.2) is 30.3 Å². The third kappa shape index (κ3) is 4.81. The van der Waals surface area contributed by atoms with E-state index in [1.165, 1.54) is 0 Å². The predicted octanol–water partition coefficient (Wildman–Crippen LogP) is 3.62. The molecule has 0 saturated carbocycles. The number of aromatic nitrogens is 1. The van der Waals surface area contributed by atoms with Crippen molar-refractivity contribution in [2.75, 3.05) is 12.4 Å². The maximum Gasteiger partial charge on any atom is 0.232 e. The van der Waals surface area contributed by atoms with E-state index >= 15 is 0 Å². The minimum Gasteiger partial charge on any atom is -0.494 e. The molecule has 0 spiro atoms. The van der Waals surface area contributed by atoms with Crippen LogP contribution in [-0.2, 0) is 9.05 Å². The van der Waals surface area contributed by atoms with Crippen LogP contribution in [0.3, 0.4) is 0 Å². The van der Waals surface area contributed by atoms with E-state index in [-0.39, 0.29) is 5.75 Å². The summed E-state index contributed by atoms with van der Waals surface area (Å²) in [6.45, 7) is 0.443. The van der Waals surface area contributed by atoms with Gasteiger partial charge in [-0.3, -0.25) is 0 Å². The first-order valence-electron chi connectivity index (χ1n) is 6.05. The molecular weight excluding hydrogens is 321 g/mol. The summed E-state index contributed by atoms with van der Waals surface area (Å²) in [6.07, 6.45) is 1.11. The van der Waals surface area contributed by atoms with Crippen molar-refractivity contribution in [3.63, 3.8) is 0 Å². The number of benzene rings is 1. The Morgan fingerprint density at radius 1 is 1.15 bits per heavy atom. The van der Waals surface area contributed by atoms with Gasteiger partial charge >= 0.3 is 0 Å². The van der Waals surface area contributed by atoms with Crippen molar-refractivity contribution in [2.45, 2.75) is 12.8 Å². The summed E-state index contributed by atoms with van der Waals surface area (Å²) in [5.74, 6) is 0.688. The molecule has 0 aliphatic carbocycles. The molecule has 0 amide bonds. The fourth-order valence-corrected chi connectivity index (χ4v) is 2.77. The maximum absolute atomic E-state index is 10.7. The van der Waals surface area contributed by atoms with Gasteiger partial charge in [0.1, 0.15) is 10.9 Å². The van der Waals surface area contributed by atoms with Crippen molar-refractivity contribution in [2.24, 2.45) is 0 Å². The third-order valence-corrected chi connectivity index (χ3v) is 4.13. The van der Waals surface area contributed by atoms with Crippen LogP contribution in [0.5, 0.6) is 5.75 Å². The van der Waals surface area contributed by atoms with E-state index in [9.17, 15) is 8.42 Å². The van der Waals surface area contributed by atoms with Crippen LogP contribution in [0.1, 0.15) is 12.8 Å². The zero-order valence-corrected chi connectivity index (χ0v) is 12.9. The highest BCUT2D eigenvalue weighted by atomic mass is 35.7. The highest BCUT2D eigenvalue weighted by molar-refractivity contribution is 8.13. The summed E-state index contributed by atoms with van der Waals surface area (Å²) in [6, 6.07) is 9.11. The molecule has 0 saturated heterocycles. The molecule has 2 rings (SSSR count). The molecule has 0 aliphatic rings. The van der Waals surface area contributed by atoms with Crippen LogP contribution in [0.4, 0.5) is 0 Å². The summed E-state index contributed by atoms with van der Waals surface area (Å²) in [4.78, 5) is 4.18. The Balaban J connectivity index is 1.89. The molecule has 0 bridgehead atoms. The monoisotopic (exact) mass is 333 g/mol. The first kappa shape index (κ1) is 15.4. The molecule has 1 aromatic heterocycles. The van der Waals surface area contributed by atoms with Gasteiger partial charge in [0.25, 0.3) is 0 Å². The Hall–Kier alpha value is -1.04. The summed E-state index contributed by atoms with van der Waals surface area (Å²) in [5, 5.41) is 1.39. The second kappa shape index (κ2) is 6.61. The number of nitrogens with zero attached hydrogens (tertiary/aromatic N) is 1. The Labute approximate surface area is 127 Å². The van der Waals surface area contributed by atoms with Crippen LogP contribution in [0.2, 0.25) is 5.15 Å². The maximum atomic E-state index is 10.7. The van der Waals surface area contributed by atoms with Crippen molar-refractivity contribution in [3.05, 3.63) is 35.5 Å². The zero-order valence-electron chi connectivity index (χ0n) is 10.6. The molecule has 0 atom stereocenters. The molecule has 1 heterocycles. The van der Waals surface area contributed by atoms with Crippen LogP contribution in [0.25, 0.3) is 10.9 Å². The molecule has 0 N–H and O–H groups in total. The summed E-state index contributed by atoms with van der Waals surface area (Å²) >= 11 is 5.81. The number of ether oxygens (including phenoxy) is 1. The van der Waals surface area contributed by atoms with Gasteiger partial charge in [-0.15, -0.1) is 0 Å². The van der Waals surface area contributed by atoms with Gasteiger partial charge < -0.3 is 4.74 Å². The number of unbranched alkanes of at least 4 members (excludes halogenated alkanes) is 1. The highest BCUT2D eigenvalue weighted by Crippen LogP contribution is 2.21. The lowest BCUT2D eigenvalue weighted by molar-refractivity contribution is 0.310. The minimum atomic E-state index is -3.41. The van der Waals surface area contributed by atoms with E-state index in [2.05, 4.69) is 4.98 Å². The SMILES string of the molecule is O=S(=O)(Cl)CCCCOc1ccc2nc(Cl)ccc2c1. The molecular formula is C13H13Cl2NO3S. The largest absolute Gasteiger partial charge is 0.494 e. The third-order valence-electron chi connectivity index (χ3n) is 2.68. The number of halogens is 2. The van der Waals surface area contributed by atoms with Gasteiger partial charge in [-0.1, -0.05) is 11.6 Å². The Bertz CT molecular complexity index is 704. The van der Waals surface area contributed by atoms with Crippen LogP contribution in [-0.4, -0.2) is 25.8 Å². The van der Waals surface area contributed by atoms with Gasteiger partial charge in [-0.05, 0) is 43.2 Å². The van der Waals surface area contributed by atoms with Crippen molar-refractivity contribution < 1.29 is 13.2 Å². The van der Waals surface area contributed by atoms with Crippen LogP contribution < -0.4 is 4.74 Å². The molecule has 20 heavy (non-hydrogen) atoms. The van der Waals surface area contributed by atoms with Gasteiger partial charge in [-0.2, -0.15) is 0 Å². The van der Waals surface area contributed by atoms with Gasteiger partial charge in [0, 0.05) is 16.1 Å². The van der Waals surface area contributed by atoms with Crippen LogP contribution in [0, 0.1) is 0 Å². The van der Waals surface area contributed by atoms with Gasteiger partial charge in [0.05, 0.1) is 17.9 Å². The lowest BCUT2D eigenvalue weighted by Gasteiger charge is -2.06. The Morgan fingerprint density at radius 2 is 1.95 bits per heavy atom. The van der Waals surface area contributed by atoms with Crippen molar-refractivity contribution in [1.29, 1.82) is 0 Å². The fraction of sp³-hybridized carbons (Fsp3) is 0.308. The van der Waals surface area contributed by atoms with E-state index < -0.39 is 9.05 Å². The van der Waals surface area contributed by atoms with Crippen molar-refractivity contribution in [1.82, 2.24) is 4.98 Å². The average molecular weight is 334 g/mol. The molecule has 0 radical (unpaired) electrons. The summed E-state index contributed by atoms with van der Waals surface area (Å²) in [5.41, 5.74) is 0.804. The van der Waals surface area contributed by atoms with Crippen molar-refractivity contribution >= 4 is 42.2 Å². The average Bonchev–Trinajstić information content (AvgIpc) is 2.37. The van der Waals surface area contributed by atoms with Crippen molar-refractivity contribution in [3.8, 4) is 5.75 Å². The van der Waals surface area contributed by atoms with Crippen LogP contribution >= 0.6 is 22.3 Å². The topological polar surface area (TPSA) is 56.3 Å². The number of hydrogen-bond donors (Lipinski definition) is 0. The lowest BCUT2D eigenvalue weighted by Crippen LogP contribution is -2.02. The van der Waals surface area contributed by atoms with E-state index in [4.69, 9.17) is 27.0 Å². The molecule has 4 nitrogen and oxygen atoms in total. The van der Waals surface area contributed by atoms with Gasteiger partial charge in [0.2, 0.25) is 9.05 Å². The standard InChI is InChI=1S/C13H13Cl2NO3S/c14-13-6-3-10-9-11(4-5-12(10)16-13)19-7-1-2-8-20(15,17)18/h3-6,9H,1-2,7-8H2. The first-order chi connectivity index (χ1) is 9.44. The second-order valence-corrected chi connectivity index (χ2v) is 7.57. The predicted molar refractivity (Wildman–Crippen MR) is 81.1 cm³/mol. The smallest absolute Gasteiger partial charge is 0.232 e.